The van der Waals surface area contributed by atoms with E-state index in [4.69, 9.17) is 0 Å². The highest BCUT2D eigenvalue weighted by atomic mass is 16.1. The standard InChI is InChI=1S/C19H20N2O/c22-19-10-15(7-6-14-4-2-1-3-5-14)9-18-17-8-16(11-20-12-17)13-21(18)19/h1-7,9-10,16-17,20H,8,11-13H2/b7-6-/t16?,17-/m0/s1. The zero-order valence-electron chi connectivity index (χ0n) is 12.5. The van der Waals surface area contributed by atoms with Crippen LogP contribution in [0.3, 0.4) is 0 Å². The quantitative estimate of drug-likeness (QED) is 0.923. The maximum absolute atomic E-state index is 12.4. The molecule has 0 radical (unpaired) electrons. The summed E-state index contributed by atoms with van der Waals surface area (Å²) in [4.78, 5) is 12.4. The lowest BCUT2D eigenvalue weighted by molar-refractivity contribution is 0.257. The van der Waals surface area contributed by atoms with Gasteiger partial charge in [0.1, 0.15) is 0 Å². The largest absolute Gasteiger partial charge is 0.316 e. The molecule has 0 spiro atoms. The van der Waals surface area contributed by atoms with E-state index in [1.54, 1.807) is 6.07 Å². The molecular formula is C19H20N2O. The van der Waals surface area contributed by atoms with E-state index in [0.717, 1.165) is 30.8 Å². The number of nitrogens with one attached hydrogen (secondary N) is 1. The Hall–Kier alpha value is -2.13. The van der Waals surface area contributed by atoms with Crippen LogP contribution in [0.25, 0.3) is 12.2 Å². The first-order valence-corrected chi connectivity index (χ1v) is 7.98. The first-order valence-electron chi connectivity index (χ1n) is 7.98. The first kappa shape index (κ1) is 13.5. The normalized spacial score (nSPS) is 23.5. The van der Waals surface area contributed by atoms with E-state index in [0.29, 0.717) is 11.8 Å². The summed E-state index contributed by atoms with van der Waals surface area (Å²) < 4.78 is 1.99. The number of aromatic nitrogens is 1. The van der Waals surface area contributed by atoms with Crippen LogP contribution in [-0.4, -0.2) is 17.7 Å². The minimum absolute atomic E-state index is 0.141. The fraction of sp³-hybridized carbons (Fsp3) is 0.316. The average Bonchev–Trinajstić information content (AvgIpc) is 2.55. The van der Waals surface area contributed by atoms with E-state index in [2.05, 4.69) is 29.6 Å². The summed E-state index contributed by atoms with van der Waals surface area (Å²) in [6, 6.07) is 14.1. The van der Waals surface area contributed by atoms with E-state index < -0.39 is 0 Å². The number of hydrogen-bond donors (Lipinski definition) is 1. The van der Waals surface area contributed by atoms with Gasteiger partial charge in [0.2, 0.25) is 0 Å². The van der Waals surface area contributed by atoms with Gasteiger partial charge in [-0.3, -0.25) is 4.79 Å². The van der Waals surface area contributed by atoms with Crippen LogP contribution in [0, 0.1) is 5.92 Å². The van der Waals surface area contributed by atoms with E-state index in [9.17, 15) is 4.79 Å². The average molecular weight is 292 g/mol. The summed E-state index contributed by atoms with van der Waals surface area (Å²) in [6.07, 6.45) is 5.31. The molecule has 22 heavy (non-hydrogen) atoms. The zero-order chi connectivity index (χ0) is 14.9. The molecule has 1 saturated heterocycles. The molecule has 2 atom stereocenters. The first-order chi connectivity index (χ1) is 10.8. The smallest absolute Gasteiger partial charge is 0.251 e. The molecule has 1 aromatic carbocycles. The van der Waals surface area contributed by atoms with Crippen LogP contribution in [0.2, 0.25) is 0 Å². The Bertz CT molecular complexity index is 761. The van der Waals surface area contributed by atoms with Crippen molar-refractivity contribution in [2.24, 2.45) is 5.92 Å². The summed E-state index contributed by atoms with van der Waals surface area (Å²) >= 11 is 0. The van der Waals surface area contributed by atoms with Gasteiger partial charge in [-0.25, -0.2) is 0 Å². The molecule has 2 aromatic rings. The van der Waals surface area contributed by atoms with Gasteiger partial charge in [0, 0.05) is 30.8 Å². The Balaban J connectivity index is 1.69. The summed E-state index contributed by atoms with van der Waals surface area (Å²) in [7, 11) is 0. The van der Waals surface area contributed by atoms with Crippen molar-refractivity contribution in [2.45, 2.75) is 18.9 Å². The summed E-state index contributed by atoms with van der Waals surface area (Å²) in [5, 5.41) is 3.49. The molecule has 1 unspecified atom stereocenters. The van der Waals surface area contributed by atoms with Crippen molar-refractivity contribution in [1.82, 2.24) is 9.88 Å². The highest BCUT2D eigenvalue weighted by molar-refractivity contribution is 5.69. The van der Waals surface area contributed by atoms with Gasteiger partial charge in [-0.05, 0) is 36.1 Å². The second-order valence-electron chi connectivity index (χ2n) is 6.36. The van der Waals surface area contributed by atoms with Gasteiger partial charge >= 0.3 is 0 Å². The minimum atomic E-state index is 0.141. The number of benzene rings is 1. The third kappa shape index (κ3) is 2.53. The maximum atomic E-state index is 12.4. The van der Waals surface area contributed by atoms with Crippen LogP contribution in [0.5, 0.6) is 0 Å². The lowest BCUT2D eigenvalue weighted by Gasteiger charge is -2.37. The topological polar surface area (TPSA) is 34.0 Å². The molecule has 1 fully saturated rings. The molecule has 0 amide bonds. The van der Waals surface area contributed by atoms with Gasteiger partial charge in [-0.2, -0.15) is 0 Å². The predicted octanol–water partition coefficient (Wildman–Crippen LogP) is 2.73. The van der Waals surface area contributed by atoms with E-state index in [-0.39, 0.29) is 5.56 Å². The van der Waals surface area contributed by atoms with Crippen LogP contribution in [-0.2, 0) is 6.54 Å². The molecule has 2 aliphatic heterocycles. The Morgan fingerprint density at radius 2 is 1.86 bits per heavy atom. The Morgan fingerprint density at radius 3 is 2.73 bits per heavy atom. The Kier molecular flexibility index (Phi) is 3.43. The highest BCUT2D eigenvalue weighted by Gasteiger charge is 2.30. The number of rotatable bonds is 2. The van der Waals surface area contributed by atoms with Gasteiger partial charge < -0.3 is 9.88 Å². The Labute approximate surface area is 130 Å². The van der Waals surface area contributed by atoms with Crippen LogP contribution in [0.1, 0.15) is 29.2 Å². The molecule has 2 bridgehead atoms. The minimum Gasteiger partial charge on any atom is -0.316 e. The van der Waals surface area contributed by atoms with Gasteiger partial charge in [0.15, 0.2) is 0 Å². The van der Waals surface area contributed by atoms with Crippen molar-refractivity contribution in [2.75, 3.05) is 13.1 Å². The highest BCUT2D eigenvalue weighted by Crippen LogP contribution is 2.32. The molecule has 0 aliphatic carbocycles. The van der Waals surface area contributed by atoms with Crippen LogP contribution in [0.4, 0.5) is 0 Å². The van der Waals surface area contributed by atoms with Crippen molar-refractivity contribution in [3.8, 4) is 0 Å². The predicted molar refractivity (Wildman–Crippen MR) is 89.8 cm³/mol. The fourth-order valence-electron chi connectivity index (χ4n) is 3.68. The van der Waals surface area contributed by atoms with E-state index in [1.165, 1.54) is 12.1 Å². The lowest BCUT2D eigenvalue weighted by Crippen LogP contribution is -2.44. The number of pyridine rings is 1. The molecule has 0 saturated carbocycles. The van der Waals surface area contributed by atoms with Crippen LogP contribution < -0.4 is 10.9 Å². The second kappa shape index (κ2) is 5.58. The van der Waals surface area contributed by atoms with E-state index in [1.807, 2.05) is 28.8 Å². The SMILES string of the molecule is O=c1cc(/C=C\c2ccccc2)cc2n1CC1CNC[C@@H]2C1. The molecular weight excluding hydrogens is 272 g/mol. The molecule has 4 rings (SSSR count). The fourth-order valence-corrected chi connectivity index (χ4v) is 3.68. The molecule has 2 aliphatic rings. The monoisotopic (exact) mass is 292 g/mol. The number of hydrogen-bond acceptors (Lipinski definition) is 2. The maximum Gasteiger partial charge on any atom is 0.251 e. The summed E-state index contributed by atoms with van der Waals surface area (Å²) in [5.74, 6) is 1.08. The molecule has 112 valence electrons. The Morgan fingerprint density at radius 1 is 1.05 bits per heavy atom. The zero-order valence-corrected chi connectivity index (χ0v) is 12.5. The summed E-state index contributed by atoms with van der Waals surface area (Å²) in [6.45, 7) is 2.89. The lowest BCUT2D eigenvalue weighted by atomic mass is 9.84. The van der Waals surface area contributed by atoms with Gasteiger partial charge in [0.05, 0.1) is 0 Å². The number of nitrogens with zero attached hydrogens (tertiary/aromatic N) is 1. The summed E-state index contributed by atoms with van der Waals surface area (Å²) in [5.41, 5.74) is 3.49. The van der Waals surface area contributed by atoms with Crippen LogP contribution >= 0.6 is 0 Å². The third-order valence-electron chi connectivity index (χ3n) is 4.75. The molecule has 1 N–H and O–H groups in total. The van der Waals surface area contributed by atoms with Crippen molar-refractivity contribution >= 4 is 12.2 Å². The third-order valence-corrected chi connectivity index (χ3v) is 4.75. The van der Waals surface area contributed by atoms with Crippen molar-refractivity contribution in [3.63, 3.8) is 0 Å². The van der Waals surface area contributed by atoms with Crippen molar-refractivity contribution in [3.05, 3.63) is 69.6 Å². The molecule has 3 heteroatoms. The van der Waals surface area contributed by atoms with Gasteiger partial charge in [-0.1, -0.05) is 42.5 Å². The number of fused-ring (bicyclic) bond motifs is 4. The molecule has 3 nitrogen and oxygen atoms in total. The van der Waals surface area contributed by atoms with E-state index >= 15 is 0 Å². The van der Waals surface area contributed by atoms with Crippen molar-refractivity contribution in [1.29, 1.82) is 0 Å². The van der Waals surface area contributed by atoms with Crippen LogP contribution in [0.15, 0.2) is 47.3 Å². The van der Waals surface area contributed by atoms with Gasteiger partial charge in [-0.15, -0.1) is 0 Å². The molecule has 1 aromatic heterocycles. The van der Waals surface area contributed by atoms with Crippen molar-refractivity contribution < 1.29 is 0 Å². The number of piperidine rings is 1. The van der Waals surface area contributed by atoms with Gasteiger partial charge in [0.25, 0.3) is 5.56 Å². The molecule has 3 heterocycles. The second-order valence-corrected chi connectivity index (χ2v) is 6.36.